The van der Waals surface area contributed by atoms with Crippen molar-refractivity contribution >= 4 is 23.3 Å². The van der Waals surface area contributed by atoms with Gasteiger partial charge < -0.3 is 25.0 Å². The molecule has 2 N–H and O–H groups in total. The zero-order chi connectivity index (χ0) is 20.8. The van der Waals surface area contributed by atoms with Crippen molar-refractivity contribution in [3.63, 3.8) is 0 Å². The molecule has 0 saturated heterocycles. The number of ether oxygens (including phenoxy) is 2. The third kappa shape index (κ3) is 4.90. The standard InChI is InChI=1S/C21H24FN3O4/c1-3-28-18(29-4-2)13-25-17-8-6-5-7-16(17)19(20(25)26)24-21(27)23-15-11-9-14(22)10-12-15/h5-12,18-19H,3-4,13H2,1-2H3,(H2,23,24,27)/t19-/m0/s1. The van der Waals surface area contributed by atoms with Crippen LogP contribution in [0.15, 0.2) is 48.5 Å². The van der Waals surface area contributed by atoms with Gasteiger partial charge in [0.1, 0.15) is 11.9 Å². The predicted molar refractivity (Wildman–Crippen MR) is 107 cm³/mol. The highest BCUT2D eigenvalue weighted by molar-refractivity contribution is 6.07. The number of halogens is 1. The molecule has 0 radical (unpaired) electrons. The van der Waals surface area contributed by atoms with E-state index in [1.807, 2.05) is 32.0 Å². The highest BCUT2D eigenvalue weighted by Gasteiger charge is 2.39. The molecule has 2 aromatic rings. The van der Waals surface area contributed by atoms with Gasteiger partial charge in [-0.15, -0.1) is 0 Å². The summed E-state index contributed by atoms with van der Waals surface area (Å²) in [5, 5.41) is 5.31. The second kappa shape index (κ2) is 9.49. The Balaban J connectivity index is 1.74. The molecule has 1 aliphatic heterocycles. The molecule has 8 heteroatoms. The van der Waals surface area contributed by atoms with Crippen molar-refractivity contribution < 1.29 is 23.5 Å². The van der Waals surface area contributed by atoms with E-state index in [0.29, 0.717) is 30.2 Å². The second-order valence-electron chi connectivity index (χ2n) is 6.39. The van der Waals surface area contributed by atoms with Crippen LogP contribution in [0, 0.1) is 5.82 Å². The lowest BCUT2D eigenvalue weighted by Crippen LogP contribution is -2.43. The highest BCUT2D eigenvalue weighted by Crippen LogP contribution is 2.36. The van der Waals surface area contributed by atoms with E-state index in [0.717, 1.165) is 0 Å². The molecule has 2 aromatic carbocycles. The molecule has 0 unspecified atom stereocenters. The van der Waals surface area contributed by atoms with E-state index in [1.54, 1.807) is 11.0 Å². The van der Waals surface area contributed by atoms with Gasteiger partial charge in [-0.3, -0.25) is 4.79 Å². The number of urea groups is 1. The molecule has 1 heterocycles. The molecular formula is C21H24FN3O4. The Morgan fingerprint density at radius 2 is 1.76 bits per heavy atom. The summed E-state index contributed by atoms with van der Waals surface area (Å²) in [4.78, 5) is 27.0. The number of amides is 3. The summed E-state index contributed by atoms with van der Waals surface area (Å²) in [6.45, 7) is 4.84. The minimum atomic E-state index is -0.837. The quantitative estimate of drug-likeness (QED) is 0.664. The minimum Gasteiger partial charge on any atom is -0.351 e. The highest BCUT2D eigenvalue weighted by atomic mass is 19.1. The van der Waals surface area contributed by atoms with Crippen molar-refractivity contribution in [2.45, 2.75) is 26.2 Å². The SMILES string of the molecule is CCOC(CN1C(=O)[C@@H](NC(=O)Nc2ccc(F)cc2)c2ccccc21)OCC. The predicted octanol–water partition coefficient (Wildman–Crippen LogP) is 3.43. The number of hydrogen-bond donors (Lipinski definition) is 2. The van der Waals surface area contributed by atoms with Crippen LogP contribution in [0.4, 0.5) is 20.6 Å². The molecular weight excluding hydrogens is 377 g/mol. The fraction of sp³-hybridized carbons (Fsp3) is 0.333. The van der Waals surface area contributed by atoms with Gasteiger partial charge in [0.15, 0.2) is 6.29 Å². The van der Waals surface area contributed by atoms with Crippen LogP contribution in [0.25, 0.3) is 0 Å². The first kappa shape index (κ1) is 20.8. The van der Waals surface area contributed by atoms with Crippen molar-refractivity contribution in [3.05, 3.63) is 59.9 Å². The van der Waals surface area contributed by atoms with Gasteiger partial charge in [0.25, 0.3) is 5.91 Å². The maximum Gasteiger partial charge on any atom is 0.320 e. The summed E-state index contributed by atoms with van der Waals surface area (Å²) in [5.41, 5.74) is 1.82. The molecule has 1 atom stereocenters. The molecule has 0 fully saturated rings. The van der Waals surface area contributed by atoms with Gasteiger partial charge in [-0.05, 0) is 44.2 Å². The summed E-state index contributed by atoms with van der Waals surface area (Å²) in [5.74, 6) is -0.672. The first-order valence-electron chi connectivity index (χ1n) is 9.50. The van der Waals surface area contributed by atoms with E-state index in [1.165, 1.54) is 24.3 Å². The van der Waals surface area contributed by atoms with Gasteiger partial charge in [0.05, 0.1) is 6.54 Å². The number of carbonyl (C=O) groups is 2. The topological polar surface area (TPSA) is 79.9 Å². The van der Waals surface area contributed by atoms with Gasteiger partial charge in [-0.2, -0.15) is 0 Å². The fourth-order valence-corrected chi connectivity index (χ4v) is 3.22. The first-order valence-corrected chi connectivity index (χ1v) is 9.50. The average molecular weight is 401 g/mol. The summed E-state index contributed by atoms with van der Waals surface area (Å²) in [7, 11) is 0. The lowest BCUT2D eigenvalue weighted by molar-refractivity contribution is -0.135. The largest absolute Gasteiger partial charge is 0.351 e. The molecule has 0 bridgehead atoms. The van der Waals surface area contributed by atoms with Crippen LogP contribution in [-0.2, 0) is 14.3 Å². The van der Waals surface area contributed by atoms with E-state index in [4.69, 9.17) is 9.47 Å². The van der Waals surface area contributed by atoms with E-state index in [-0.39, 0.29) is 12.5 Å². The van der Waals surface area contributed by atoms with Crippen molar-refractivity contribution in [1.29, 1.82) is 0 Å². The average Bonchev–Trinajstić information content (AvgIpc) is 2.96. The number of anilines is 2. The zero-order valence-electron chi connectivity index (χ0n) is 16.4. The Kier molecular flexibility index (Phi) is 6.79. The third-order valence-corrected chi connectivity index (χ3v) is 4.47. The summed E-state index contributed by atoms with van der Waals surface area (Å²) in [6, 6.07) is 11.2. The second-order valence-corrected chi connectivity index (χ2v) is 6.39. The van der Waals surface area contributed by atoms with Gasteiger partial charge in [0.2, 0.25) is 0 Å². The molecule has 0 aliphatic carbocycles. The summed E-state index contributed by atoms with van der Waals surface area (Å²) >= 11 is 0. The van der Waals surface area contributed by atoms with Crippen molar-refractivity contribution in [2.24, 2.45) is 0 Å². The molecule has 154 valence electrons. The Labute approximate surface area is 168 Å². The molecule has 0 spiro atoms. The smallest absolute Gasteiger partial charge is 0.320 e. The molecule has 7 nitrogen and oxygen atoms in total. The van der Waals surface area contributed by atoms with Crippen molar-refractivity contribution in [2.75, 3.05) is 30.0 Å². The lowest BCUT2D eigenvalue weighted by atomic mass is 10.1. The van der Waals surface area contributed by atoms with Crippen LogP contribution in [0.5, 0.6) is 0 Å². The van der Waals surface area contributed by atoms with Crippen LogP contribution in [0.1, 0.15) is 25.5 Å². The van der Waals surface area contributed by atoms with Crippen LogP contribution >= 0.6 is 0 Å². The fourth-order valence-electron chi connectivity index (χ4n) is 3.22. The van der Waals surface area contributed by atoms with Gasteiger partial charge in [-0.25, -0.2) is 9.18 Å². The monoisotopic (exact) mass is 401 g/mol. The van der Waals surface area contributed by atoms with E-state index >= 15 is 0 Å². The number of fused-ring (bicyclic) bond motifs is 1. The van der Waals surface area contributed by atoms with Crippen LogP contribution in [0.3, 0.4) is 0 Å². The number of carbonyl (C=O) groups excluding carboxylic acids is 2. The number of hydrogen-bond acceptors (Lipinski definition) is 4. The number of para-hydroxylation sites is 1. The van der Waals surface area contributed by atoms with E-state index in [2.05, 4.69) is 10.6 Å². The molecule has 3 amide bonds. The Morgan fingerprint density at radius 1 is 1.10 bits per heavy atom. The summed E-state index contributed by atoms with van der Waals surface area (Å²) < 4.78 is 24.2. The van der Waals surface area contributed by atoms with Crippen LogP contribution < -0.4 is 15.5 Å². The Bertz CT molecular complexity index is 853. The number of nitrogens with one attached hydrogen (secondary N) is 2. The van der Waals surface area contributed by atoms with Crippen molar-refractivity contribution in [1.82, 2.24) is 5.32 Å². The zero-order valence-corrected chi connectivity index (χ0v) is 16.4. The van der Waals surface area contributed by atoms with Gasteiger partial charge >= 0.3 is 6.03 Å². The molecule has 1 aliphatic rings. The Hall–Kier alpha value is -2.97. The van der Waals surface area contributed by atoms with Gasteiger partial charge in [0, 0.05) is 30.2 Å². The molecule has 0 saturated carbocycles. The number of benzene rings is 2. The third-order valence-electron chi connectivity index (χ3n) is 4.47. The molecule has 0 aromatic heterocycles. The lowest BCUT2D eigenvalue weighted by Gasteiger charge is -2.24. The normalized spacial score (nSPS) is 15.5. The number of rotatable bonds is 8. The van der Waals surface area contributed by atoms with E-state index < -0.39 is 24.2 Å². The first-order chi connectivity index (χ1) is 14.0. The van der Waals surface area contributed by atoms with Crippen LogP contribution in [-0.4, -0.2) is 38.0 Å². The maximum atomic E-state index is 13.1. The maximum absolute atomic E-state index is 13.1. The minimum absolute atomic E-state index is 0.218. The molecule has 29 heavy (non-hydrogen) atoms. The molecule has 3 rings (SSSR count). The van der Waals surface area contributed by atoms with Crippen molar-refractivity contribution in [3.8, 4) is 0 Å². The van der Waals surface area contributed by atoms with Gasteiger partial charge in [-0.1, -0.05) is 18.2 Å². The Morgan fingerprint density at radius 3 is 2.41 bits per heavy atom. The number of nitrogens with zero attached hydrogens (tertiary/aromatic N) is 1. The summed E-state index contributed by atoms with van der Waals surface area (Å²) in [6.07, 6.45) is -0.561. The van der Waals surface area contributed by atoms with E-state index in [9.17, 15) is 14.0 Å². The van der Waals surface area contributed by atoms with Crippen LogP contribution in [0.2, 0.25) is 0 Å².